The Morgan fingerprint density at radius 2 is 2.10 bits per heavy atom. The number of amidine groups is 1. The summed E-state index contributed by atoms with van der Waals surface area (Å²) in [5.41, 5.74) is 2.09. The molecule has 1 aromatic carbocycles. The van der Waals surface area contributed by atoms with Crippen molar-refractivity contribution in [2.24, 2.45) is 10.2 Å². The maximum Gasteiger partial charge on any atom is 0.239 e. The highest BCUT2D eigenvalue weighted by Gasteiger charge is 2.28. The van der Waals surface area contributed by atoms with E-state index in [2.05, 4.69) is 22.1 Å². The van der Waals surface area contributed by atoms with Crippen molar-refractivity contribution in [3.63, 3.8) is 0 Å². The van der Waals surface area contributed by atoms with Crippen LogP contribution in [0.4, 0.5) is 5.69 Å². The van der Waals surface area contributed by atoms with E-state index < -0.39 is 0 Å². The van der Waals surface area contributed by atoms with Crippen molar-refractivity contribution in [1.29, 1.82) is 0 Å². The summed E-state index contributed by atoms with van der Waals surface area (Å²) in [6, 6.07) is 7.97. The maximum absolute atomic E-state index is 11.6. The number of carbonyl (C=O) groups is 1. The predicted molar refractivity (Wildman–Crippen MR) is 90.1 cm³/mol. The molecule has 5 nitrogen and oxygen atoms in total. The van der Waals surface area contributed by atoms with Crippen molar-refractivity contribution in [3.8, 4) is 0 Å². The van der Waals surface area contributed by atoms with Crippen LogP contribution in [0, 0.1) is 0 Å². The molecule has 1 heterocycles. The summed E-state index contributed by atoms with van der Waals surface area (Å²) in [6.45, 7) is 3.64. The van der Waals surface area contributed by atoms with Crippen molar-refractivity contribution < 1.29 is 4.79 Å². The zero-order chi connectivity index (χ0) is 15.2. The number of anilines is 1. The van der Waals surface area contributed by atoms with Gasteiger partial charge in [-0.3, -0.25) is 4.79 Å². The Kier molecular flexibility index (Phi) is 5.16. The fourth-order valence-electron chi connectivity index (χ4n) is 1.77. The first-order valence-corrected chi connectivity index (χ1v) is 7.45. The highest BCUT2D eigenvalue weighted by molar-refractivity contribution is 8.15. The van der Waals surface area contributed by atoms with Crippen LogP contribution in [-0.4, -0.2) is 36.6 Å². The normalized spacial score (nSPS) is 20.0. The van der Waals surface area contributed by atoms with Crippen molar-refractivity contribution in [1.82, 2.24) is 5.32 Å². The summed E-state index contributed by atoms with van der Waals surface area (Å²) in [5.74, 6) is -0.0378. The number of carbonyl (C=O) groups excluding carboxylic acids is 1. The van der Waals surface area contributed by atoms with Gasteiger partial charge in [0, 0.05) is 19.8 Å². The largest absolute Gasteiger partial charge is 0.378 e. The number of hydrogen-bond donors (Lipinski definition) is 1. The summed E-state index contributed by atoms with van der Waals surface area (Å²) < 4.78 is 0. The predicted octanol–water partition coefficient (Wildman–Crippen LogP) is 2.25. The average Bonchev–Trinajstić information content (AvgIpc) is 2.80. The average molecular weight is 302 g/mol. The summed E-state index contributed by atoms with van der Waals surface area (Å²) in [6.07, 6.45) is 4.03. The summed E-state index contributed by atoms with van der Waals surface area (Å²) >= 11 is 1.38. The molecule has 0 spiro atoms. The van der Waals surface area contributed by atoms with Gasteiger partial charge < -0.3 is 10.2 Å². The van der Waals surface area contributed by atoms with E-state index in [0.717, 1.165) is 11.3 Å². The van der Waals surface area contributed by atoms with Gasteiger partial charge in [0.2, 0.25) is 5.91 Å². The van der Waals surface area contributed by atoms with Crippen molar-refractivity contribution in [3.05, 3.63) is 42.5 Å². The zero-order valence-electron chi connectivity index (χ0n) is 12.1. The van der Waals surface area contributed by atoms with Crippen LogP contribution in [0.1, 0.15) is 12.0 Å². The van der Waals surface area contributed by atoms with Crippen LogP contribution in [0.5, 0.6) is 0 Å². The van der Waals surface area contributed by atoms with E-state index in [0.29, 0.717) is 11.6 Å². The highest BCUT2D eigenvalue weighted by Crippen LogP contribution is 2.22. The number of nitrogens with one attached hydrogen (secondary N) is 1. The van der Waals surface area contributed by atoms with Crippen molar-refractivity contribution in [2.45, 2.75) is 11.7 Å². The fraction of sp³-hybridized carbons (Fsp3) is 0.267. The van der Waals surface area contributed by atoms with Gasteiger partial charge in [-0.2, -0.15) is 5.10 Å². The van der Waals surface area contributed by atoms with E-state index in [1.807, 2.05) is 43.3 Å². The number of thioether (sulfide) groups is 1. The molecule has 1 fully saturated rings. The third-order valence-electron chi connectivity index (χ3n) is 2.92. The molecule has 1 aliphatic heterocycles. The number of rotatable bonds is 5. The van der Waals surface area contributed by atoms with Gasteiger partial charge in [-0.15, -0.1) is 11.7 Å². The number of allylic oxidation sites excluding steroid dienone is 1. The number of amides is 1. The second kappa shape index (κ2) is 7.08. The Hall–Kier alpha value is -2.08. The molecular weight excluding hydrogens is 284 g/mol. The van der Waals surface area contributed by atoms with Gasteiger partial charge in [0.15, 0.2) is 5.17 Å². The van der Waals surface area contributed by atoms with E-state index in [1.165, 1.54) is 11.8 Å². The Balaban J connectivity index is 1.97. The summed E-state index contributed by atoms with van der Waals surface area (Å²) in [7, 11) is 3.99. The molecule has 110 valence electrons. The lowest BCUT2D eigenvalue weighted by Crippen LogP contribution is -2.24. The highest BCUT2D eigenvalue weighted by atomic mass is 32.2. The molecule has 6 heteroatoms. The summed E-state index contributed by atoms with van der Waals surface area (Å²) in [5, 5.41) is 11.1. The van der Waals surface area contributed by atoms with Gasteiger partial charge in [-0.1, -0.05) is 30.0 Å². The van der Waals surface area contributed by atoms with E-state index >= 15 is 0 Å². The number of nitrogens with zero attached hydrogens (tertiary/aromatic N) is 3. The molecule has 1 amide bonds. The lowest BCUT2D eigenvalue weighted by atomic mass is 10.2. The van der Waals surface area contributed by atoms with Crippen LogP contribution in [-0.2, 0) is 4.79 Å². The molecule has 0 bridgehead atoms. The standard InChI is InChI=1S/C15H18N4OS/c1-4-5-13-14(20)17-15(21-13)18-16-10-11-6-8-12(9-7-11)19(2)3/h4,6-10,13H,1,5H2,2-3H3,(H,17,18,20)/b16-10+/t13-/m1/s1. The zero-order valence-corrected chi connectivity index (χ0v) is 12.9. The molecule has 0 saturated carbocycles. The third-order valence-corrected chi connectivity index (χ3v) is 4.02. The van der Waals surface area contributed by atoms with Gasteiger partial charge in [-0.05, 0) is 24.1 Å². The fourth-order valence-corrected chi connectivity index (χ4v) is 2.69. The Labute approximate surface area is 128 Å². The van der Waals surface area contributed by atoms with Gasteiger partial charge in [0.25, 0.3) is 0 Å². The van der Waals surface area contributed by atoms with E-state index in [4.69, 9.17) is 0 Å². The molecule has 0 aliphatic carbocycles. The SMILES string of the molecule is C=CC[C@H]1S/C(=N/N=C/c2ccc(N(C)C)cc2)NC1=O. The molecule has 0 unspecified atom stereocenters. The van der Waals surface area contributed by atoms with Crippen LogP contribution in [0.15, 0.2) is 47.1 Å². The van der Waals surface area contributed by atoms with Crippen LogP contribution >= 0.6 is 11.8 Å². The van der Waals surface area contributed by atoms with Crippen LogP contribution in [0.25, 0.3) is 0 Å². The first-order valence-electron chi connectivity index (χ1n) is 6.57. The smallest absolute Gasteiger partial charge is 0.239 e. The first-order chi connectivity index (χ1) is 10.1. The first kappa shape index (κ1) is 15.3. The number of benzene rings is 1. The van der Waals surface area contributed by atoms with Gasteiger partial charge >= 0.3 is 0 Å². The van der Waals surface area contributed by atoms with Crippen LogP contribution in [0.3, 0.4) is 0 Å². The Morgan fingerprint density at radius 1 is 1.38 bits per heavy atom. The molecule has 1 aliphatic rings. The molecular formula is C15H18N4OS. The number of hydrogen-bond acceptors (Lipinski definition) is 5. The molecule has 2 rings (SSSR count). The summed E-state index contributed by atoms with van der Waals surface area (Å²) in [4.78, 5) is 13.6. The maximum atomic E-state index is 11.6. The molecule has 21 heavy (non-hydrogen) atoms. The second-order valence-corrected chi connectivity index (χ2v) is 5.95. The minimum Gasteiger partial charge on any atom is -0.378 e. The quantitative estimate of drug-likeness (QED) is 0.515. The van der Waals surface area contributed by atoms with Crippen molar-refractivity contribution in [2.75, 3.05) is 19.0 Å². The third kappa shape index (κ3) is 4.19. The lowest BCUT2D eigenvalue weighted by molar-refractivity contribution is -0.118. The van der Waals surface area contributed by atoms with E-state index in [9.17, 15) is 4.79 Å². The van der Waals surface area contributed by atoms with Crippen molar-refractivity contribution >= 4 is 34.7 Å². The minimum absolute atomic E-state index is 0.0378. The molecule has 0 aromatic heterocycles. The van der Waals surface area contributed by atoms with E-state index in [1.54, 1.807) is 12.3 Å². The van der Waals surface area contributed by atoms with Gasteiger partial charge in [-0.25, -0.2) is 0 Å². The lowest BCUT2D eigenvalue weighted by Gasteiger charge is -2.11. The Morgan fingerprint density at radius 3 is 2.71 bits per heavy atom. The van der Waals surface area contributed by atoms with Crippen LogP contribution < -0.4 is 10.2 Å². The van der Waals surface area contributed by atoms with Crippen LogP contribution in [0.2, 0.25) is 0 Å². The molecule has 1 saturated heterocycles. The molecule has 1 N–H and O–H groups in total. The molecule has 1 atom stereocenters. The Bertz CT molecular complexity index is 578. The van der Waals surface area contributed by atoms with Gasteiger partial charge in [0.1, 0.15) is 0 Å². The monoisotopic (exact) mass is 302 g/mol. The minimum atomic E-state index is -0.143. The van der Waals surface area contributed by atoms with Gasteiger partial charge in [0.05, 0.1) is 11.5 Å². The van der Waals surface area contributed by atoms with E-state index in [-0.39, 0.29) is 11.2 Å². The molecule has 0 radical (unpaired) electrons. The topological polar surface area (TPSA) is 57.1 Å². The molecule has 1 aromatic rings. The second-order valence-electron chi connectivity index (χ2n) is 4.76.